The van der Waals surface area contributed by atoms with Crippen LogP contribution >= 0.6 is 23.2 Å². The molecule has 160 valence electrons. The van der Waals surface area contributed by atoms with Crippen LogP contribution in [0, 0.1) is 0 Å². The van der Waals surface area contributed by atoms with Gasteiger partial charge >= 0.3 is 0 Å². The summed E-state index contributed by atoms with van der Waals surface area (Å²) in [5, 5.41) is 6.70. The number of nitrogens with one attached hydrogen (secondary N) is 2. The van der Waals surface area contributed by atoms with Gasteiger partial charge in [0, 0.05) is 24.8 Å². The van der Waals surface area contributed by atoms with Crippen molar-refractivity contribution in [2.45, 2.75) is 25.3 Å². The minimum absolute atomic E-state index is 0.0273. The van der Waals surface area contributed by atoms with Gasteiger partial charge in [0.2, 0.25) is 11.8 Å². The average molecular weight is 450 g/mol. The van der Waals surface area contributed by atoms with Crippen molar-refractivity contribution in [2.24, 2.45) is 0 Å². The number of nitrogens with zero attached hydrogens (tertiary/aromatic N) is 1. The number of benzene rings is 2. The first-order valence-electron chi connectivity index (χ1n) is 9.94. The molecule has 8 heteroatoms. The fourth-order valence-corrected chi connectivity index (χ4v) is 3.66. The minimum Gasteiger partial charge on any atom is -0.491 e. The van der Waals surface area contributed by atoms with E-state index < -0.39 is 0 Å². The largest absolute Gasteiger partial charge is 0.491 e. The Balaban J connectivity index is 1.32. The second kappa shape index (κ2) is 11.2. The van der Waals surface area contributed by atoms with Gasteiger partial charge in [0.1, 0.15) is 10.8 Å². The van der Waals surface area contributed by atoms with E-state index in [2.05, 4.69) is 15.5 Å². The number of hydrogen-bond donors (Lipinski definition) is 2. The van der Waals surface area contributed by atoms with E-state index in [1.165, 1.54) is 0 Å². The van der Waals surface area contributed by atoms with Crippen molar-refractivity contribution in [2.75, 3.05) is 31.6 Å². The monoisotopic (exact) mass is 449 g/mol. The van der Waals surface area contributed by atoms with Crippen molar-refractivity contribution in [1.29, 1.82) is 0 Å². The number of anilines is 1. The normalized spacial score (nSPS) is 14.9. The van der Waals surface area contributed by atoms with Crippen molar-refractivity contribution in [1.82, 2.24) is 10.2 Å². The van der Waals surface area contributed by atoms with E-state index in [1.807, 2.05) is 30.3 Å². The summed E-state index contributed by atoms with van der Waals surface area (Å²) >= 11 is 12.0. The van der Waals surface area contributed by atoms with E-state index >= 15 is 0 Å². The quantitative estimate of drug-likeness (QED) is 0.639. The molecule has 0 bridgehead atoms. The number of carbonyl (C=O) groups is 2. The predicted octanol–water partition coefficient (Wildman–Crippen LogP) is 3.98. The van der Waals surface area contributed by atoms with Crippen LogP contribution in [0.3, 0.4) is 0 Å². The van der Waals surface area contributed by atoms with E-state index in [1.54, 1.807) is 18.2 Å². The topological polar surface area (TPSA) is 70.7 Å². The summed E-state index contributed by atoms with van der Waals surface area (Å²) in [6.07, 6.45) is 1.86. The van der Waals surface area contributed by atoms with Crippen LogP contribution in [0.2, 0.25) is 10.0 Å². The molecule has 0 saturated carbocycles. The molecule has 0 atom stereocenters. The molecule has 0 spiro atoms. The zero-order valence-electron chi connectivity index (χ0n) is 16.6. The van der Waals surface area contributed by atoms with Crippen molar-refractivity contribution in [3.63, 3.8) is 0 Å². The van der Waals surface area contributed by atoms with Crippen LogP contribution < -0.4 is 15.4 Å². The maximum atomic E-state index is 12.2. The predicted molar refractivity (Wildman–Crippen MR) is 119 cm³/mol. The molecule has 0 radical (unpaired) electrons. The smallest absolute Gasteiger partial charge is 0.238 e. The lowest BCUT2D eigenvalue weighted by Gasteiger charge is -2.31. The van der Waals surface area contributed by atoms with Gasteiger partial charge in [-0.1, -0.05) is 47.5 Å². The second-order valence-corrected chi connectivity index (χ2v) is 7.97. The number of rotatable bonds is 8. The summed E-state index contributed by atoms with van der Waals surface area (Å²) in [4.78, 5) is 26.5. The summed E-state index contributed by atoms with van der Waals surface area (Å²) in [5.74, 6) is 0.382. The molecule has 2 N–H and O–H groups in total. The van der Waals surface area contributed by atoms with E-state index in [0.717, 1.165) is 31.6 Å². The molecule has 1 fully saturated rings. The molecule has 2 aromatic carbocycles. The first-order valence-corrected chi connectivity index (χ1v) is 10.7. The van der Waals surface area contributed by atoms with Crippen LogP contribution in [0.4, 0.5) is 5.69 Å². The highest BCUT2D eigenvalue weighted by Gasteiger charge is 2.22. The lowest BCUT2D eigenvalue weighted by molar-refractivity contribution is -0.123. The average Bonchev–Trinajstić information content (AvgIpc) is 2.73. The SMILES string of the molecule is O=C(CN1CCC(NC(=O)CCOc2cccc(Cl)c2Cl)CC1)Nc1ccccc1. The van der Waals surface area contributed by atoms with Crippen LogP contribution in [-0.2, 0) is 9.59 Å². The second-order valence-electron chi connectivity index (χ2n) is 7.18. The Labute approximate surface area is 186 Å². The van der Waals surface area contributed by atoms with Gasteiger partial charge in [-0.3, -0.25) is 14.5 Å². The molecule has 1 aliphatic rings. The summed E-state index contributed by atoms with van der Waals surface area (Å²) in [6.45, 7) is 2.11. The zero-order chi connectivity index (χ0) is 21.3. The molecule has 3 rings (SSSR count). The van der Waals surface area contributed by atoms with Crippen LogP contribution in [0.25, 0.3) is 0 Å². The molecule has 0 aromatic heterocycles. The molecule has 2 aromatic rings. The third-order valence-electron chi connectivity index (χ3n) is 4.88. The fraction of sp³-hybridized carbons (Fsp3) is 0.364. The number of halogens is 2. The summed E-state index contributed by atoms with van der Waals surface area (Å²) in [7, 11) is 0. The van der Waals surface area contributed by atoms with Crippen LogP contribution in [0.15, 0.2) is 48.5 Å². The van der Waals surface area contributed by atoms with Gasteiger partial charge in [-0.2, -0.15) is 0 Å². The van der Waals surface area contributed by atoms with Crippen molar-refractivity contribution >= 4 is 40.7 Å². The Hall–Kier alpha value is -2.28. The lowest BCUT2D eigenvalue weighted by atomic mass is 10.0. The molecule has 1 aliphatic heterocycles. The number of likely N-dealkylation sites (tertiary alicyclic amines) is 1. The van der Waals surface area contributed by atoms with E-state index in [4.69, 9.17) is 27.9 Å². The summed E-state index contributed by atoms with van der Waals surface area (Å²) in [5.41, 5.74) is 0.797. The Kier molecular flexibility index (Phi) is 8.37. The van der Waals surface area contributed by atoms with E-state index in [0.29, 0.717) is 22.3 Å². The third-order valence-corrected chi connectivity index (χ3v) is 5.68. The van der Waals surface area contributed by atoms with Gasteiger partial charge < -0.3 is 15.4 Å². The van der Waals surface area contributed by atoms with Gasteiger partial charge in [-0.15, -0.1) is 0 Å². The number of piperidine rings is 1. The van der Waals surface area contributed by atoms with Gasteiger partial charge in [0.15, 0.2) is 0 Å². The molecule has 0 aliphatic carbocycles. The number of para-hydroxylation sites is 1. The molecule has 30 heavy (non-hydrogen) atoms. The molecular formula is C22H25Cl2N3O3. The van der Waals surface area contributed by atoms with Crippen molar-refractivity contribution < 1.29 is 14.3 Å². The maximum absolute atomic E-state index is 12.2. The molecule has 0 unspecified atom stereocenters. The Morgan fingerprint density at radius 1 is 1.00 bits per heavy atom. The number of ether oxygens (including phenoxy) is 1. The first-order chi connectivity index (χ1) is 14.5. The maximum Gasteiger partial charge on any atom is 0.238 e. The molecule has 1 saturated heterocycles. The summed E-state index contributed by atoms with van der Waals surface area (Å²) in [6, 6.07) is 14.7. The van der Waals surface area contributed by atoms with Gasteiger partial charge in [-0.25, -0.2) is 0 Å². The molecule has 2 amide bonds. The summed E-state index contributed by atoms with van der Waals surface area (Å²) < 4.78 is 5.56. The highest BCUT2D eigenvalue weighted by molar-refractivity contribution is 6.42. The number of amides is 2. The van der Waals surface area contributed by atoms with Gasteiger partial charge in [0.05, 0.1) is 24.6 Å². The highest BCUT2D eigenvalue weighted by Crippen LogP contribution is 2.31. The molecule has 1 heterocycles. The Bertz CT molecular complexity index is 856. The van der Waals surface area contributed by atoms with Crippen molar-refractivity contribution in [3.05, 3.63) is 58.6 Å². The first kappa shape index (κ1) is 22.4. The molecule has 6 nitrogen and oxygen atoms in total. The minimum atomic E-state index is -0.0616. The van der Waals surface area contributed by atoms with Gasteiger partial charge in [0.25, 0.3) is 0 Å². The standard InChI is InChI=1S/C22H25Cl2N3O3/c23-18-7-4-8-19(22(18)24)30-14-11-20(28)25-17-9-12-27(13-10-17)15-21(29)26-16-5-2-1-3-6-16/h1-8,17H,9-15H2,(H,25,28)(H,26,29). The van der Waals surface area contributed by atoms with E-state index in [9.17, 15) is 9.59 Å². The molecular weight excluding hydrogens is 425 g/mol. The Morgan fingerprint density at radius 2 is 1.73 bits per heavy atom. The number of hydrogen-bond acceptors (Lipinski definition) is 4. The van der Waals surface area contributed by atoms with E-state index in [-0.39, 0.29) is 30.9 Å². The third kappa shape index (κ3) is 6.90. The van der Waals surface area contributed by atoms with Gasteiger partial charge in [-0.05, 0) is 37.1 Å². The van der Waals surface area contributed by atoms with Crippen molar-refractivity contribution in [3.8, 4) is 5.75 Å². The lowest BCUT2D eigenvalue weighted by Crippen LogP contribution is -2.46. The highest BCUT2D eigenvalue weighted by atomic mass is 35.5. The van der Waals surface area contributed by atoms with Crippen LogP contribution in [0.5, 0.6) is 5.75 Å². The van der Waals surface area contributed by atoms with Crippen LogP contribution in [-0.4, -0.2) is 49.0 Å². The zero-order valence-corrected chi connectivity index (χ0v) is 18.1. The fourth-order valence-electron chi connectivity index (χ4n) is 3.31. The van der Waals surface area contributed by atoms with Crippen LogP contribution in [0.1, 0.15) is 19.3 Å². The Morgan fingerprint density at radius 3 is 2.47 bits per heavy atom. The number of carbonyl (C=O) groups excluding carboxylic acids is 2.